The molecule has 4 nitrogen and oxygen atoms in total. The molecule has 2 aliphatic carbocycles. The van der Waals surface area contributed by atoms with Gasteiger partial charge in [0, 0.05) is 25.4 Å². The smallest absolute Gasteiger partial charge is 0.222 e. The van der Waals surface area contributed by atoms with Crippen LogP contribution in [0.5, 0.6) is 0 Å². The number of carbonyl (C=O) groups excluding carboxylic acids is 1. The van der Waals surface area contributed by atoms with Gasteiger partial charge in [-0.2, -0.15) is 0 Å². The number of hydrogen-bond donors (Lipinski definition) is 2. The molecule has 5 atom stereocenters. The van der Waals surface area contributed by atoms with Crippen LogP contribution in [0.4, 0.5) is 0 Å². The van der Waals surface area contributed by atoms with Crippen molar-refractivity contribution in [3.8, 4) is 0 Å². The standard InChI is InChI=1S/C26H37NO3/c1-3-27(4-2)26(30)13-9-8-10-19-16-21-18-25(29)22(23(21)17-19)14-15-24(28)20-11-6-5-7-12-20/h5-7,11-12,14-16,21-25,28-29H,3-4,8-10,13,17-18H2,1-2H3/t21-,22+,23-,24+,25+/m0/s1. The molecule has 0 aliphatic heterocycles. The van der Waals surface area contributed by atoms with E-state index in [1.54, 1.807) is 0 Å². The predicted octanol–water partition coefficient (Wildman–Crippen LogP) is 4.65. The summed E-state index contributed by atoms with van der Waals surface area (Å²) < 4.78 is 0. The average Bonchev–Trinajstić information content (AvgIpc) is 3.27. The molecule has 0 spiro atoms. The van der Waals surface area contributed by atoms with E-state index in [1.807, 2.05) is 61.2 Å². The molecule has 0 unspecified atom stereocenters. The van der Waals surface area contributed by atoms with Gasteiger partial charge in [0.05, 0.1) is 12.2 Å². The molecule has 3 rings (SSSR count). The Kier molecular flexibility index (Phi) is 8.29. The normalized spacial score (nSPS) is 26.6. The number of rotatable bonds is 10. The molecule has 1 aromatic rings. The zero-order valence-corrected chi connectivity index (χ0v) is 18.4. The number of allylic oxidation sites excluding steroid dienone is 2. The van der Waals surface area contributed by atoms with Gasteiger partial charge in [-0.15, -0.1) is 0 Å². The molecule has 30 heavy (non-hydrogen) atoms. The summed E-state index contributed by atoms with van der Waals surface area (Å²) >= 11 is 0. The Morgan fingerprint density at radius 3 is 2.63 bits per heavy atom. The van der Waals surface area contributed by atoms with Crippen molar-refractivity contribution in [1.29, 1.82) is 0 Å². The van der Waals surface area contributed by atoms with Crippen molar-refractivity contribution >= 4 is 5.91 Å². The molecule has 0 aromatic heterocycles. The molecule has 0 saturated heterocycles. The van der Waals surface area contributed by atoms with Gasteiger partial charge in [-0.1, -0.05) is 54.1 Å². The number of aliphatic hydroxyl groups excluding tert-OH is 2. The lowest BCUT2D eigenvalue weighted by molar-refractivity contribution is -0.130. The van der Waals surface area contributed by atoms with Gasteiger partial charge in [0.25, 0.3) is 0 Å². The van der Waals surface area contributed by atoms with E-state index in [-0.39, 0.29) is 17.9 Å². The van der Waals surface area contributed by atoms with E-state index < -0.39 is 6.10 Å². The molecular weight excluding hydrogens is 374 g/mol. The van der Waals surface area contributed by atoms with Gasteiger partial charge >= 0.3 is 0 Å². The molecule has 1 fully saturated rings. The highest BCUT2D eigenvalue weighted by atomic mass is 16.3. The van der Waals surface area contributed by atoms with Crippen LogP contribution in [0.2, 0.25) is 0 Å². The first-order valence-corrected chi connectivity index (χ1v) is 11.6. The second kappa shape index (κ2) is 10.9. The van der Waals surface area contributed by atoms with Gasteiger partial charge in [-0.05, 0) is 63.4 Å². The molecule has 4 heteroatoms. The monoisotopic (exact) mass is 411 g/mol. The van der Waals surface area contributed by atoms with Crippen molar-refractivity contribution in [3.63, 3.8) is 0 Å². The Morgan fingerprint density at radius 1 is 1.20 bits per heavy atom. The Hall–Kier alpha value is -1.91. The Labute approximate surface area is 181 Å². The second-order valence-corrected chi connectivity index (χ2v) is 8.75. The van der Waals surface area contributed by atoms with Crippen molar-refractivity contribution in [3.05, 3.63) is 59.7 Å². The summed E-state index contributed by atoms with van der Waals surface area (Å²) in [6.45, 7) is 5.64. The Morgan fingerprint density at radius 2 is 1.93 bits per heavy atom. The van der Waals surface area contributed by atoms with Crippen LogP contribution in [-0.4, -0.2) is 40.2 Å². The molecule has 0 radical (unpaired) electrons. The highest BCUT2D eigenvalue weighted by molar-refractivity contribution is 5.76. The minimum atomic E-state index is -0.630. The van der Waals surface area contributed by atoms with Gasteiger partial charge in [-0.25, -0.2) is 0 Å². The lowest BCUT2D eigenvalue weighted by atomic mass is 9.88. The fourth-order valence-electron chi connectivity index (χ4n) is 5.15. The highest BCUT2D eigenvalue weighted by Crippen LogP contribution is 2.48. The number of fused-ring (bicyclic) bond motifs is 1. The fourth-order valence-corrected chi connectivity index (χ4v) is 5.15. The van der Waals surface area contributed by atoms with Crippen LogP contribution in [0.3, 0.4) is 0 Å². The predicted molar refractivity (Wildman–Crippen MR) is 121 cm³/mol. The van der Waals surface area contributed by atoms with Crippen molar-refractivity contribution < 1.29 is 15.0 Å². The van der Waals surface area contributed by atoms with E-state index in [0.717, 1.165) is 50.8 Å². The van der Waals surface area contributed by atoms with Crippen molar-refractivity contribution in [1.82, 2.24) is 4.90 Å². The Balaban J connectivity index is 1.47. The summed E-state index contributed by atoms with van der Waals surface area (Å²) in [5.74, 6) is 1.25. The van der Waals surface area contributed by atoms with E-state index in [4.69, 9.17) is 0 Å². The maximum atomic E-state index is 12.1. The molecule has 2 aliphatic rings. The maximum absolute atomic E-state index is 12.1. The Bertz CT molecular complexity index is 738. The molecule has 164 valence electrons. The van der Waals surface area contributed by atoms with Crippen LogP contribution >= 0.6 is 0 Å². The molecule has 1 aromatic carbocycles. The number of unbranched alkanes of at least 4 members (excludes halogenated alkanes) is 1. The number of aliphatic hydroxyl groups is 2. The third kappa shape index (κ3) is 5.61. The zero-order chi connectivity index (χ0) is 21.5. The van der Waals surface area contributed by atoms with E-state index in [0.29, 0.717) is 18.3 Å². The average molecular weight is 412 g/mol. The van der Waals surface area contributed by atoms with Gasteiger partial charge in [0.1, 0.15) is 0 Å². The maximum Gasteiger partial charge on any atom is 0.222 e. The zero-order valence-electron chi connectivity index (χ0n) is 18.4. The van der Waals surface area contributed by atoms with Crippen LogP contribution in [0, 0.1) is 17.8 Å². The van der Waals surface area contributed by atoms with Crippen LogP contribution < -0.4 is 0 Å². The van der Waals surface area contributed by atoms with Gasteiger partial charge in [-0.3, -0.25) is 4.79 Å². The van der Waals surface area contributed by atoms with Crippen molar-refractivity contribution in [2.45, 2.75) is 64.6 Å². The van der Waals surface area contributed by atoms with Crippen LogP contribution in [0.15, 0.2) is 54.1 Å². The molecule has 0 heterocycles. The van der Waals surface area contributed by atoms with E-state index in [1.165, 1.54) is 5.57 Å². The van der Waals surface area contributed by atoms with Crippen molar-refractivity contribution in [2.75, 3.05) is 13.1 Å². The number of benzene rings is 1. The van der Waals surface area contributed by atoms with Crippen LogP contribution in [0.25, 0.3) is 0 Å². The molecule has 2 N–H and O–H groups in total. The summed E-state index contributed by atoms with van der Waals surface area (Å²) in [6, 6.07) is 9.63. The minimum absolute atomic E-state index is 0.103. The fraction of sp³-hybridized carbons (Fsp3) is 0.577. The second-order valence-electron chi connectivity index (χ2n) is 8.75. The minimum Gasteiger partial charge on any atom is -0.392 e. The van der Waals surface area contributed by atoms with E-state index in [2.05, 4.69) is 6.08 Å². The van der Waals surface area contributed by atoms with Crippen LogP contribution in [-0.2, 0) is 4.79 Å². The van der Waals surface area contributed by atoms with E-state index >= 15 is 0 Å². The first kappa shape index (κ1) is 22.8. The first-order valence-electron chi connectivity index (χ1n) is 11.6. The van der Waals surface area contributed by atoms with Gasteiger partial charge in [0.15, 0.2) is 0 Å². The number of carbonyl (C=O) groups is 1. The van der Waals surface area contributed by atoms with Gasteiger partial charge < -0.3 is 15.1 Å². The SMILES string of the molecule is CCN(CC)C(=O)CCCCC1=C[C@H]2C[C@@H](O)[C@H](C=C[C@@H](O)c3ccccc3)[C@H]2C1. The summed E-state index contributed by atoms with van der Waals surface area (Å²) in [5, 5.41) is 20.9. The molecular formula is C26H37NO3. The summed E-state index contributed by atoms with van der Waals surface area (Å²) in [7, 11) is 0. The number of amides is 1. The van der Waals surface area contributed by atoms with Gasteiger partial charge in [0.2, 0.25) is 5.91 Å². The van der Waals surface area contributed by atoms with Crippen LogP contribution in [0.1, 0.15) is 64.0 Å². The first-order chi connectivity index (χ1) is 14.5. The van der Waals surface area contributed by atoms with E-state index in [9.17, 15) is 15.0 Å². The summed E-state index contributed by atoms with van der Waals surface area (Å²) in [6.07, 6.45) is 10.8. The quantitative estimate of drug-likeness (QED) is 0.435. The third-order valence-electron chi connectivity index (χ3n) is 6.86. The lowest BCUT2D eigenvalue weighted by Gasteiger charge is -2.19. The topological polar surface area (TPSA) is 60.8 Å². The number of hydrogen-bond acceptors (Lipinski definition) is 3. The summed E-state index contributed by atoms with van der Waals surface area (Å²) in [5.41, 5.74) is 2.36. The van der Waals surface area contributed by atoms with Crippen molar-refractivity contribution in [2.24, 2.45) is 17.8 Å². The molecule has 1 saturated carbocycles. The summed E-state index contributed by atoms with van der Waals surface area (Å²) in [4.78, 5) is 14.0. The largest absolute Gasteiger partial charge is 0.392 e. The third-order valence-corrected chi connectivity index (χ3v) is 6.86. The molecule has 0 bridgehead atoms. The number of nitrogens with zero attached hydrogens (tertiary/aromatic N) is 1. The highest BCUT2D eigenvalue weighted by Gasteiger charge is 2.43. The molecule has 1 amide bonds. The lowest BCUT2D eigenvalue weighted by Crippen LogP contribution is -2.30.